The van der Waals surface area contributed by atoms with E-state index < -0.39 is 5.92 Å². The highest BCUT2D eigenvalue weighted by atomic mass is 16.5. The number of hydrogen-bond donors (Lipinski definition) is 2. The molecule has 2 aromatic rings. The van der Waals surface area contributed by atoms with Gasteiger partial charge in [-0.1, -0.05) is 30.3 Å². The first-order valence-corrected chi connectivity index (χ1v) is 9.51. The molecule has 5 heteroatoms. The van der Waals surface area contributed by atoms with Crippen molar-refractivity contribution < 1.29 is 14.3 Å². The van der Waals surface area contributed by atoms with Gasteiger partial charge in [0.15, 0.2) is 0 Å². The standard InChI is InChI=1S/C22H24N2O3/c1-27-19-8-4-7-17-18(12-20(25)24-21(17)19)22(26)23-13-14-9-10-15-5-2-3-6-16(15)11-14/h4,7-11,18H,2-3,5-6,12-13H2,1H3,(H,23,26)(H,24,25). The van der Waals surface area contributed by atoms with E-state index in [1.54, 1.807) is 13.2 Å². The van der Waals surface area contributed by atoms with Gasteiger partial charge in [-0.25, -0.2) is 0 Å². The summed E-state index contributed by atoms with van der Waals surface area (Å²) < 4.78 is 5.32. The highest BCUT2D eigenvalue weighted by Crippen LogP contribution is 2.38. The van der Waals surface area contributed by atoms with Gasteiger partial charge >= 0.3 is 0 Å². The molecule has 0 aromatic heterocycles. The first-order valence-electron chi connectivity index (χ1n) is 9.51. The molecule has 0 saturated heterocycles. The second kappa shape index (κ2) is 7.43. The third kappa shape index (κ3) is 3.54. The van der Waals surface area contributed by atoms with E-state index in [-0.39, 0.29) is 18.2 Å². The lowest BCUT2D eigenvalue weighted by atomic mass is 9.89. The lowest BCUT2D eigenvalue weighted by molar-refractivity contribution is -0.126. The van der Waals surface area contributed by atoms with Crippen LogP contribution in [0.25, 0.3) is 0 Å². The monoisotopic (exact) mass is 364 g/mol. The van der Waals surface area contributed by atoms with E-state index in [1.165, 1.54) is 24.0 Å². The fourth-order valence-corrected chi connectivity index (χ4v) is 4.07. The molecule has 2 amide bonds. The van der Waals surface area contributed by atoms with E-state index in [9.17, 15) is 9.59 Å². The lowest BCUT2D eigenvalue weighted by Gasteiger charge is -2.26. The van der Waals surface area contributed by atoms with Crippen molar-refractivity contribution in [3.05, 3.63) is 58.7 Å². The van der Waals surface area contributed by atoms with Gasteiger partial charge in [0.05, 0.1) is 18.7 Å². The van der Waals surface area contributed by atoms with Gasteiger partial charge in [-0.05, 0) is 54.0 Å². The van der Waals surface area contributed by atoms with Gasteiger partial charge in [-0.2, -0.15) is 0 Å². The maximum atomic E-state index is 12.8. The molecule has 0 spiro atoms. The van der Waals surface area contributed by atoms with Crippen LogP contribution in [0.2, 0.25) is 0 Å². The molecule has 2 aliphatic rings. The number of ether oxygens (including phenoxy) is 1. The normalized spacial score (nSPS) is 18.1. The largest absolute Gasteiger partial charge is 0.495 e. The summed E-state index contributed by atoms with van der Waals surface area (Å²) in [7, 11) is 1.56. The molecule has 1 aliphatic carbocycles. The Morgan fingerprint density at radius 3 is 2.81 bits per heavy atom. The Morgan fingerprint density at radius 1 is 1.19 bits per heavy atom. The van der Waals surface area contributed by atoms with Crippen molar-refractivity contribution in [3.63, 3.8) is 0 Å². The zero-order chi connectivity index (χ0) is 18.8. The third-order valence-electron chi connectivity index (χ3n) is 5.50. The molecule has 27 heavy (non-hydrogen) atoms. The van der Waals surface area contributed by atoms with Gasteiger partial charge in [0.25, 0.3) is 0 Å². The minimum atomic E-state index is -0.499. The maximum absolute atomic E-state index is 12.8. The molecule has 2 aromatic carbocycles. The number of carbonyl (C=O) groups excluding carboxylic acids is 2. The average molecular weight is 364 g/mol. The van der Waals surface area contributed by atoms with E-state index in [0.717, 1.165) is 24.0 Å². The van der Waals surface area contributed by atoms with Crippen LogP contribution in [-0.4, -0.2) is 18.9 Å². The number of aryl methyl sites for hydroxylation is 2. The van der Waals surface area contributed by atoms with Crippen LogP contribution < -0.4 is 15.4 Å². The molecule has 1 unspecified atom stereocenters. The second-order valence-electron chi connectivity index (χ2n) is 7.26. The highest BCUT2D eigenvalue weighted by Gasteiger charge is 2.32. The SMILES string of the molecule is COc1cccc2c1NC(=O)CC2C(=O)NCc1ccc2c(c1)CCCC2. The molecule has 140 valence electrons. The minimum Gasteiger partial charge on any atom is -0.495 e. The molecule has 1 atom stereocenters. The number of para-hydroxylation sites is 1. The topological polar surface area (TPSA) is 67.4 Å². The number of anilines is 1. The zero-order valence-corrected chi connectivity index (χ0v) is 15.5. The molecule has 1 heterocycles. The van der Waals surface area contributed by atoms with Crippen molar-refractivity contribution in [1.29, 1.82) is 0 Å². The number of rotatable bonds is 4. The number of hydrogen-bond acceptors (Lipinski definition) is 3. The Bertz CT molecular complexity index is 891. The summed E-state index contributed by atoms with van der Waals surface area (Å²) in [5, 5.41) is 5.84. The molecule has 5 nitrogen and oxygen atoms in total. The number of methoxy groups -OCH3 is 1. The highest BCUT2D eigenvalue weighted by molar-refractivity contribution is 6.02. The Balaban J connectivity index is 1.50. The summed E-state index contributed by atoms with van der Waals surface area (Å²) in [4.78, 5) is 24.9. The van der Waals surface area contributed by atoms with Gasteiger partial charge < -0.3 is 15.4 Å². The summed E-state index contributed by atoms with van der Waals surface area (Å²) in [6.45, 7) is 0.476. The molecule has 1 aliphatic heterocycles. The summed E-state index contributed by atoms with van der Waals surface area (Å²) in [5.41, 5.74) is 5.35. The Labute approximate surface area is 159 Å². The van der Waals surface area contributed by atoms with Crippen LogP contribution in [0.4, 0.5) is 5.69 Å². The van der Waals surface area contributed by atoms with Gasteiger partial charge in [0.2, 0.25) is 11.8 Å². The van der Waals surface area contributed by atoms with Gasteiger partial charge in [0.1, 0.15) is 5.75 Å². The van der Waals surface area contributed by atoms with Gasteiger partial charge in [0, 0.05) is 13.0 Å². The Kier molecular flexibility index (Phi) is 4.84. The van der Waals surface area contributed by atoms with E-state index >= 15 is 0 Å². The molecule has 4 rings (SSSR count). The molecule has 0 radical (unpaired) electrons. The van der Waals surface area contributed by atoms with Crippen LogP contribution in [0.3, 0.4) is 0 Å². The number of amides is 2. The molecular weight excluding hydrogens is 340 g/mol. The predicted octanol–water partition coefficient (Wildman–Crippen LogP) is 3.32. The minimum absolute atomic E-state index is 0.128. The Hall–Kier alpha value is -2.82. The number of benzene rings is 2. The van der Waals surface area contributed by atoms with Crippen molar-refractivity contribution in [3.8, 4) is 5.75 Å². The molecule has 0 bridgehead atoms. The first-order chi connectivity index (χ1) is 13.2. The summed E-state index contributed by atoms with van der Waals surface area (Å²) in [5.74, 6) is -0.215. The maximum Gasteiger partial charge on any atom is 0.228 e. The lowest BCUT2D eigenvalue weighted by Crippen LogP contribution is -2.35. The summed E-state index contributed by atoms with van der Waals surface area (Å²) in [6.07, 6.45) is 4.91. The van der Waals surface area contributed by atoms with E-state index in [2.05, 4.69) is 28.8 Å². The zero-order valence-electron chi connectivity index (χ0n) is 15.5. The van der Waals surface area contributed by atoms with Gasteiger partial charge in [-0.15, -0.1) is 0 Å². The van der Waals surface area contributed by atoms with Crippen LogP contribution in [-0.2, 0) is 29.0 Å². The van der Waals surface area contributed by atoms with Crippen LogP contribution in [0.1, 0.15) is 47.4 Å². The fraction of sp³-hybridized carbons (Fsp3) is 0.364. The third-order valence-corrected chi connectivity index (χ3v) is 5.50. The van der Waals surface area contributed by atoms with Crippen LogP contribution in [0.15, 0.2) is 36.4 Å². The molecule has 2 N–H and O–H groups in total. The van der Waals surface area contributed by atoms with E-state index in [0.29, 0.717) is 18.0 Å². The second-order valence-corrected chi connectivity index (χ2v) is 7.26. The summed E-state index contributed by atoms with van der Waals surface area (Å²) >= 11 is 0. The van der Waals surface area contributed by atoms with Crippen molar-refractivity contribution in [2.75, 3.05) is 12.4 Å². The van der Waals surface area contributed by atoms with Crippen molar-refractivity contribution in [2.24, 2.45) is 0 Å². The van der Waals surface area contributed by atoms with Crippen molar-refractivity contribution in [1.82, 2.24) is 5.32 Å². The van der Waals surface area contributed by atoms with E-state index in [4.69, 9.17) is 4.74 Å². The smallest absolute Gasteiger partial charge is 0.228 e. The number of carbonyl (C=O) groups is 2. The average Bonchev–Trinajstić information content (AvgIpc) is 2.70. The quantitative estimate of drug-likeness (QED) is 0.875. The predicted molar refractivity (Wildman–Crippen MR) is 104 cm³/mol. The molecular formula is C22H24N2O3. The molecule has 0 fully saturated rings. The van der Waals surface area contributed by atoms with Crippen molar-refractivity contribution >= 4 is 17.5 Å². The number of nitrogens with one attached hydrogen (secondary N) is 2. The summed E-state index contributed by atoms with van der Waals surface area (Å²) in [6, 6.07) is 12.0. The fourth-order valence-electron chi connectivity index (χ4n) is 4.07. The van der Waals surface area contributed by atoms with Crippen LogP contribution in [0.5, 0.6) is 5.75 Å². The van der Waals surface area contributed by atoms with E-state index in [1.807, 2.05) is 12.1 Å². The van der Waals surface area contributed by atoms with Crippen LogP contribution in [0, 0.1) is 0 Å². The molecule has 0 saturated carbocycles. The van der Waals surface area contributed by atoms with Gasteiger partial charge in [-0.3, -0.25) is 9.59 Å². The first kappa shape index (κ1) is 17.6. The number of fused-ring (bicyclic) bond motifs is 2. The van der Waals surface area contributed by atoms with Crippen LogP contribution >= 0.6 is 0 Å². The van der Waals surface area contributed by atoms with Crippen molar-refractivity contribution in [2.45, 2.75) is 44.6 Å². The Morgan fingerprint density at radius 2 is 2.00 bits per heavy atom.